The summed E-state index contributed by atoms with van der Waals surface area (Å²) in [5.74, 6) is -0.649. The van der Waals surface area contributed by atoms with Crippen molar-refractivity contribution in [1.82, 2.24) is 0 Å². The topological polar surface area (TPSA) is 107 Å². The number of anilines is 1. The van der Waals surface area contributed by atoms with Crippen LogP contribution in [0.3, 0.4) is 0 Å². The first-order valence-corrected chi connectivity index (χ1v) is 7.82. The molecule has 0 aliphatic carbocycles. The van der Waals surface area contributed by atoms with Crippen molar-refractivity contribution in [1.29, 1.82) is 0 Å². The van der Waals surface area contributed by atoms with E-state index in [1.54, 1.807) is 12.1 Å². The largest absolute Gasteiger partial charge is 0.504 e. The molecule has 0 saturated heterocycles. The number of nitrogen functional groups attached to an aromatic ring is 1. The van der Waals surface area contributed by atoms with Crippen LogP contribution in [-0.4, -0.2) is 20.4 Å². The number of benzene rings is 3. The Morgan fingerprint density at radius 1 is 0.640 bits per heavy atom. The van der Waals surface area contributed by atoms with E-state index in [0.717, 1.165) is 22.3 Å². The van der Waals surface area contributed by atoms with Crippen LogP contribution >= 0.6 is 0 Å². The molecule has 5 nitrogen and oxygen atoms in total. The summed E-state index contributed by atoms with van der Waals surface area (Å²) in [5, 5.41) is 38.2. The Bertz CT molecular complexity index is 922. The van der Waals surface area contributed by atoms with Crippen molar-refractivity contribution in [2.45, 2.75) is 12.8 Å². The highest BCUT2D eigenvalue weighted by atomic mass is 16.3. The normalized spacial score (nSPS) is 10.7. The Labute approximate surface area is 145 Å². The Hall–Kier alpha value is -3.34. The molecule has 3 aromatic carbocycles. The van der Waals surface area contributed by atoms with Gasteiger partial charge >= 0.3 is 0 Å². The Morgan fingerprint density at radius 3 is 1.76 bits per heavy atom. The molecule has 3 aromatic rings. The van der Waals surface area contributed by atoms with Gasteiger partial charge in [0.2, 0.25) is 0 Å². The van der Waals surface area contributed by atoms with Gasteiger partial charge in [0.05, 0.1) is 0 Å². The number of hydrogen-bond acceptors (Lipinski definition) is 5. The highest BCUT2D eigenvalue weighted by molar-refractivity contribution is 5.55. The monoisotopic (exact) mass is 337 g/mol. The average molecular weight is 337 g/mol. The van der Waals surface area contributed by atoms with E-state index in [-0.39, 0.29) is 23.0 Å². The van der Waals surface area contributed by atoms with Crippen LogP contribution in [0.15, 0.2) is 54.6 Å². The van der Waals surface area contributed by atoms with Crippen LogP contribution in [0.1, 0.15) is 22.3 Å². The van der Waals surface area contributed by atoms with Gasteiger partial charge in [-0.05, 0) is 65.4 Å². The Balaban J connectivity index is 1.93. The molecule has 5 heteroatoms. The van der Waals surface area contributed by atoms with Gasteiger partial charge in [0.25, 0.3) is 0 Å². The molecule has 0 amide bonds. The number of hydrogen-bond donors (Lipinski definition) is 5. The highest BCUT2D eigenvalue weighted by Crippen LogP contribution is 2.30. The van der Waals surface area contributed by atoms with Gasteiger partial charge in [0.15, 0.2) is 23.0 Å². The molecule has 0 aliphatic heterocycles. The fourth-order valence-corrected chi connectivity index (χ4v) is 2.82. The minimum Gasteiger partial charge on any atom is -0.504 e. The fraction of sp³-hybridized carbons (Fsp3) is 0.100. The van der Waals surface area contributed by atoms with Crippen molar-refractivity contribution in [2.75, 3.05) is 5.73 Å². The van der Waals surface area contributed by atoms with Crippen molar-refractivity contribution in [2.24, 2.45) is 0 Å². The molecule has 0 aromatic heterocycles. The third-order valence-corrected chi connectivity index (χ3v) is 4.16. The van der Waals surface area contributed by atoms with E-state index in [4.69, 9.17) is 5.73 Å². The second-order valence-corrected chi connectivity index (χ2v) is 5.98. The van der Waals surface area contributed by atoms with Gasteiger partial charge in [-0.15, -0.1) is 0 Å². The van der Waals surface area contributed by atoms with E-state index >= 15 is 0 Å². The highest BCUT2D eigenvalue weighted by Gasteiger charge is 2.11. The Kier molecular flexibility index (Phi) is 4.39. The lowest BCUT2D eigenvalue weighted by atomic mass is 9.93. The van der Waals surface area contributed by atoms with Crippen LogP contribution in [-0.2, 0) is 12.8 Å². The maximum Gasteiger partial charge on any atom is 0.157 e. The van der Waals surface area contributed by atoms with Crippen molar-refractivity contribution in [3.63, 3.8) is 0 Å². The summed E-state index contributed by atoms with van der Waals surface area (Å²) in [4.78, 5) is 0. The molecular formula is C20H19NO4. The zero-order valence-corrected chi connectivity index (χ0v) is 13.5. The van der Waals surface area contributed by atoms with Crippen LogP contribution in [0, 0.1) is 0 Å². The van der Waals surface area contributed by atoms with Crippen molar-refractivity contribution >= 4 is 5.69 Å². The summed E-state index contributed by atoms with van der Waals surface area (Å²) in [7, 11) is 0. The van der Waals surface area contributed by atoms with Crippen LogP contribution < -0.4 is 5.73 Å². The quantitative estimate of drug-likeness (QED) is 0.371. The van der Waals surface area contributed by atoms with Gasteiger partial charge in [-0.1, -0.05) is 24.3 Å². The van der Waals surface area contributed by atoms with Crippen molar-refractivity contribution < 1.29 is 20.4 Å². The van der Waals surface area contributed by atoms with Crippen LogP contribution in [0.25, 0.3) is 0 Å². The molecule has 0 saturated carbocycles. The van der Waals surface area contributed by atoms with Gasteiger partial charge in [0, 0.05) is 5.69 Å². The molecule has 0 bridgehead atoms. The lowest BCUT2D eigenvalue weighted by Gasteiger charge is -2.14. The zero-order chi connectivity index (χ0) is 18.0. The van der Waals surface area contributed by atoms with Gasteiger partial charge in [-0.3, -0.25) is 0 Å². The summed E-state index contributed by atoms with van der Waals surface area (Å²) >= 11 is 0. The second-order valence-electron chi connectivity index (χ2n) is 5.98. The molecule has 0 heterocycles. The second kappa shape index (κ2) is 6.65. The molecule has 3 rings (SSSR count). The number of aromatic hydroxyl groups is 4. The van der Waals surface area contributed by atoms with Crippen LogP contribution in [0.2, 0.25) is 0 Å². The maximum atomic E-state index is 9.68. The lowest BCUT2D eigenvalue weighted by Crippen LogP contribution is -2.02. The summed E-state index contributed by atoms with van der Waals surface area (Å²) in [5.41, 5.74) is 10.3. The predicted molar refractivity (Wildman–Crippen MR) is 96.0 cm³/mol. The summed E-state index contributed by atoms with van der Waals surface area (Å²) in [6, 6.07) is 15.0. The molecule has 0 radical (unpaired) electrons. The van der Waals surface area contributed by atoms with Gasteiger partial charge in [-0.2, -0.15) is 0 Å². The van der Waals surface area contributed by atoms with Crippen molar-refractivity contribution in [3.8, 4) is 23.0 Å². The number of phenolic OH excluding ortho intramolecular Hbond substituents is 4. The Morgan fingerprint density at radius 2 is 1.20 bits per heavy atom. The third-order valence-electron chi connectivity index (χ3n) is 4.16. The fourth-order valence-electron chi connectivity index (χ4n) is 2.82. The molecule has 0 fully saturated rings. The molecule has 0 unspecified atom stereocenters. The molecule has 128 valence electrons. The first-order chi connectivity index (χ1) is 11.9. The summed E-state index contributed by atoms with van der Waals surface area (Å²) in [6.45, 7) is 0. The van der Waals surface area contributed by atoms with E-state index in [1.807, 2.05) is 18.2 Å². The third kappa shape index (κ3) is 3.61. The maximum absolute atomic E-state index is 9.68. The van der Waals surface area contributed by atoms with E-state index in [0.29, 0.717) is 18.5 Å². The molecule has 0 aliphatic rings. The van der Waals surface area contributed by atoms with E-state index in [1.165, 1.54) is 24.3 Å². The first-order valence-electron chi connectivity index (χ1n) is 7.82. The minimum atomic E-state index is -0.169. The standard InChI is InChI=1S/C20H19NO4/c21-16-3-1-2-14(8-12-4-6-17(22)19(24)10-12)15(16)9-13-5-7-18(23)20(25)11-13/h1-7,10-11,22-25H,8-9,21H2. The van der Waals surface area contributed by atoms with Gasteiger partial charge < -0.3 is 26.2 Å². The van der Waals surface area contributed by atoms with E-state index < -0.39 is 0 Å². The average Bonchev–Trinajstić information content (AvgIpc) is 2.57. The van der Waals surface area contributed by atoms with Crippen LogP contribution in [0.5, 0.6) is 23.0 Å². The van der Waals surface area contributed by atoms with Gasteiger partial charge in [0.1, 0.15) is 0 Å². The molecule has 0 spiro atoms. The summed E-state index contributed by atoms with van der Waals surface area (Å²) in [6.07, 6.45) is 1.04. The predicted octanol–water partition coefficient (Wildman–Crippen LogP) is 3.27. The number of nitrogens with two attached hydrogens (primary N) is 1. The number of phenols is 4. The van der Waals surface area contributed by atoms with Gasteiger partial charge in [-0.25, -0.2) is 0 Å². The SMILES string of the molecule is Nc1cccc(Cc2ccc(O)c(O)c2)c1Cc1ccc(O)c(O)c1. The zero-order valence-electron chi connectivity index (χ0n) is 13.5. The molecule has 0 atom stereocenters. The summed E-state index contributed by atoms with van der Waals surface area (Å²) < 4.78 is 0. The minimum absolute atomic E-state index is 0.156. The van der Waals surface area contributed by atoms with E-state index in [2.05, 4.69) is 0 Å². The molecule has 6 N–H and O–H groups in total. The van der Waals surface area contributed by atoms with E-state index in [9.17, 15) is 20.4 Å². The van der Waals surface area contributed by atoms with Crippen LogP contribution in [0.4, 0.5) is 5.69 Å². The first kappa shape index (κ1) is 16.5. The molecular weight excluding hydrogens is 318 g/mol. The lowest BCUT2D eigenvalue weighted by molar-refractivity contribution is 0.403. The molecule has 25 heavy (non-hydrogen) atoms. The number of rotatable bonds is 4. The van der Waals surface area contributed by atoms with Crippen molar-refractivity contribution in [3.05, 3.63) is 76.9 Å². The smallest absolute Gasteiger partial charge is 0.157 e.